The summed E-state index contributed by atoms with van der Waals surface area (Å²) in [6.45, 7) is 3.93. The second kappa shape index (κ2) is 5.76. The van der Waals surface area contributed by atoms with Crippen LogP contribution < -0.4 is 5.32 Å². The van der Waals surface area contributed by atoms with Crippen molar-refractivity contribution in [2.24, 2.45) is 0 Å². The van der Waals surface area contributed by atoms with Crippen molar-refractivity contribution in [1.82, 2.24) is 4.98 Å². The maximum absolute atomic E-state index is 12.2. The summed E-state index contributed by atoms with van der Waals surface area (Å²) in [5.41, 5.74) is 6.22. The normalized spacial score (nSPS) is 14.9. The number of aromatic nitrogens is 1. The molecule has 118 valence electrons. The molecule has 23 heavy (non-hydrogen) atoms. The Morgan fingerprint density at radius 1 is 1.30 bits per heavy atom. The number of hydrogen-bond acceptors (Lipinski definition) is 2. The van der Waals surface area contributed by atoms with Crippen LogP contribution in [0, 0.1) is 13.8 Å². The van der Waals surface area contributed by atoms with Gasteiger partial charge >= 0.3 is 5.97 Å². The first-order chi connectivity index (χ1) is 11.0. The van der Waals surface area contributed by atoms with E-state index in [-0.39, 0.29) is 12.3 Å². The molecule has 3 rings (SSSR count). The molecule has 0 unspecified atom stereocenters. The molecule has 2 aromatic rings. The molecule has 1 amide bonds. The van der Waals surface area contributed by atoms with E-state index in [0.29, 0.717) is 12.0 Å². The highest BCUT2D eigenvalue weighted by Crippen LogP contribution is 2.34. The van der Waals surface area contributed by atoms with E-state index >= 15 is 0 Å². The summed E-state index contributed by atoms with van der Waals surface area (Å²) in [5.74, 6) is -0.934. The number of nitrogens with one attached hydrogen (secondary N) is 2. The molecule has 0 bridgehead atoms. The molecule has 0 fully saturated rings. The number of anilines is 1. The molecular formula is C18H18N2O3. The number of H-pyrrole nitrogens is 1. The average Bonchev–Trinajstić information content (AvgIpc) is 2.99. The minimum atomic E-state index is -0.815. The van der Waals surface area contributed by atoms with Gasteiger partial charge in [0.2, 0.25) is 0 Å². The number of aryl methyl sites for hydroxylation is 2. The van der Waals surface area contributed by atoms with Crippen LogP contribution in [0.1, 0.15) is 34.4 Å². The number of carboxylic acid groups (broad SMARTS) is 1. The van der Waals surface area contributed by atoms with Crippen molar-refractivity contribution in [2.45, 2.75) is 26.7 Å². The molecule has 0 aliphatic carbocycles. The summed E-state index contributed by atoms with van der Waals surface area (Å²) in [6, 6.07) is 5.86. The molecule has 5 nitrogen and oxygen atoms in total. The molecule has 2 heterocycles. The third-order valence-electron chi connectivity index (χ3n) is 4.14. The minimum absolute atomic E-state index is 0.0945. The molecule has 1 aromatic heterocycles. The first-order valence-corrected chi connectivity index (χ1v) is 7.48. The van der Waals surface area contributed by atoms with Crippen LogP contribution in [0.4, 0.5) is 5.69 Å². The first kappa shape index (κ1) is 15.1. The van der Waals surface area contributed by atoms with Crippen LogP contribution in [0.5, 0.6) is 0 Å². The zero-order valence-electron chi connectivity index (χ0n) is 13.1. The van der Waals surface area contributed by atoms with Crippen LogP contribution in [0.3, 0.4) is 0 Å². The second-order valence-electron chi connectivity index (χ2n) is 5.81. The van der Waals surface area contributed by atoms with Gasteiger partial charge in [0.25, 0.3) is 5.91 Å². The summed E-state index contributed by atoms with van der Waals surface area (Å²) >= 11 is 0. The molecule has 1 aliphatic rings. The molecule has 0 saturated heterocycles. The van der Waals surface area contributed by atoms with Gasteiger partial charge in [-0.1, -0.05) is 11.6 Å². The van der Waals surface area contributed by atoms with E-state index in [0.717, 1.165) is 33.6 Å². The van der Waals surface area contributed by atoms with E-state index in [1.54, 1.807) is 0 Å². The van der Waals surface area contributed by atoms with Crippen molar-refractivity contribution in [2.75, 3.05) is 5.32 Å². The van der Waals surface area contributed by atoms with Gasteiger partial charge in [-0.05, 0) is 49.6 Å². The molecule has 0 atom stereocenters. The molecule has 0 radical (unpaired) electrons. The summed E-state index contributed by atoms with van der Waals surface area (Å²) in [4.78, 5) is 26.1. The van der Waals surface area contributed by atoms with Gasteiger partial charge in [-0.3, -0.25) is 9.59 Å². The molecule has 3 N–H and O–H groups in total. The van der Waals surface area contributed by atoms with Crippen molar-refractivity contribution in [1.29, 1.82) is 0 Å². The second-order valence-corrected chi connectivity index (χ2v) is 5.81. The Morgan fingerprint density at radius 2 is 2.09 bits per heavy atom. The van der Waals surface area contributed by atoms with Gasteiger partial charge in [-0.2, -0.15) is 0 Å². The van der Waals surface area contributed by atoms with Crippen molar-refractivity contribution in [3.8, 4) is 0 Å². The number of amides is 1. The van der Waals surface area contributed by atoms with Crippen LogP contribution in [0.2, 0.25) is 0 Å². The Balaban J connectivity index is 1.95. The van der Waals surface area contributed by atoms with Gasteiger partial charge in [-0.25, -0.2) is 0 Å². The number of carboxylic acids is 1. The van der Waals surface area contributed by atoms with Gasteiger partial charge < -0.3 is 15.4 Å². The van der Waals surface area contributed by atoms with Gasteiger partial charge in [-0.15, -0.1) is 0 Å². The highest BCUT2D eigenvalue weighted by Gasteiger charge is 2.24. The summed E-state index contributed by atoms with van der Waals surface area (Å²) in [7, 11) is 0. The van der Waals surface area contributed by atoms with Gasteiger partial charge in [0, 0.05) is 29.6 Å². The monoisotopic (exact) mass is 310 g/mol. The van der Waals surface area contributed by atoms with Crippen LogP contribution in [0.15, 0.2) is 24.4 Å². The molecule has 1 aromatic carbocycles. The first-order valence-electron chi connectivity index (χ1n) is 7.48. The van der Waals surface area contributed by atoms with Crippen LogP contribution in [0.25, 0.3) is 11.6 Å². The Kier molecular flexibility index (Phi) is 3.78. The number of benzene rings is 1. The number of aromatic amines is 1. The zero-order valence-corrected chi connectivity index (χ0v) is 13.1. The molecule has 5 heteroatoms. The Morgan fingerprint density at radius 3 is 2.83 bits per heavy atom. The highest BCUT2D eigenvalue weighted by molar-refractivity contribution is 6.34. The number of carbonyl (C=O) groups is 2. The van der Waals surface area contributed by atoms with Crippen molar-refractivity contribution < 1.29 is 14.7 Å². The van der Waals surface area contributed by atoms with E-state index in [1.807, 2.05) is 44.3 Å². The van der Waals surface area contributed by atoms with Gasteiger partial charge in [0.1, 0.15) is 0 Å². The molecule has 1 aliphatic heterocycles. The smallest absolute Gasteiger partial charge is 0.303 e. The van der Waals surface area contributed by atoms with Crippen LogP contribution in [-0.2, 0) is 16.0 Å². The topological polar surface area (TPSA) is 82.2 Å². The third-order valence-corrected chi connectivity index (χ3v) is 4.14. The third kappa shape index (κ3) is 2.90. The Labute approximate surface area is 134 Å². The van der Waals surface area contributed by atoms with Crippen molar-refractivity contribution in [3.05, 3.63) is 52.3 Å². The maximum atomic E-state index is 12.2. The van der Waals surface area contributed by atoms with Crippen molar-refractivity contribution in [3.63, 3.8) is 0 Å². The SMILES string of the molecule is Cc1ccc2c(c1)/C(=C/c1[nH]cc(CCC(=O)O)c1C)C(=O)N2. The quantitative estimate of drug-likeness (QED) is 0.759. The maximum Gasteiger partial charge on any atom is 0.303 e. The van der Waals surface area contributed by atoms with Crippen molar-refractivity contribution >= 4 is 29.2 Å². The van der Waals surface area contributed by atoms with Gasteiger partial charge in [0.15, 0.2) is 0 Å². The largest absolute Gasteiger partial charge is 0.481 e. The fourth-order valence-electron chi connectivity index (χ4n) is 2.80. The molecule has 0 saturated carbocycles. The number of hydrogen-bond donors (Lipinski definition) is 3. The fourth-order valence-corrected chi connectivity index (χ4v) is 2.80. The number of fused-ring (bicyclic) bond motifs is 1. The van der Waals surface area contributed by atoms with E-state index in [9.17, 15) is 9.59 Å². The predicted molar refractivity (Wildman–Crippen MR) is 89.2 cm³/mol. The molecular weight excluding hydrogens is 292 g/mol. The Hall–Kier alpha value is -2.82. The lowest BCUT2D eigenvalue weighted by Crippen LogP contribution is -2.03. The van der Waals surface area contributed by atoms with E-state index in [2.05, 4.69) is 10.3 Å². The lowest BCUT2D eigenvalue weighted by Gasteiger charge is -2.01. The fraction of sp³-hybridized carbons (Fsp3) is 0.222. The highest BCUT2D eigenvalue weighted by atomic mass is 16.4. The predicted octanol–water partition coefficient (Wildman–Crippen LogP) is 3.14. The zero-order chi connectivity index (χ0) is 16.6. The summed E-state index contributed by atoms with van der Waals surface area (Å²) < 4.78 is 0. The van der Waals surface area contributed by atoms with E-state index in [1.165, 1.54) is 0 Å². The summed E-state index contributed by atoms with van der Waals surface area (Å²) in [6.07, 6.45) is 4.22. The number of rotatable bonds is 4. The van der Waals surface area contributed by atoms with Crippen LogP contribution >= 0.6 is 0 Å². The average molecular weight is 310 g/mol. The Bertz CT molecular complexity index is 831. The minimum Gasteiger partial charge on any atom is -0.481 e. The lowest BCUT2D eigenvalue weighted by atomic mass is 10.0. The molecule has 0 spiro atoms. The van der Waals surface area contributed by atoms with E-state index in [4.69, 9.17) is 5.11 Å². The standard InChI is InChI=1S/C18H18N2O3/c1-10-3-5-15-13(7-10)14(18(23)20-15)8-16-11(2)12(9-19-16)4-6-17(21)22/h3,5,7-9,19H,4,6H2,1-2H3,(H,20,23)(H,21,22)/b14-8-. The van der Waals surface area contributed by atoms with Gasteiger partial charge in [0.05, 0.1) is 5.57 Å². The number of aliphatic carboxylic acids is 1. The summed E-state index contributed by atoms with van der Waals surface area (Å²) in [5, 5.41) is 11.7. The number of carbonyl (C=O) groups excluding carboxylic acids is 1. The lowest BCUT2D eigenvalue weighted by molar-refractivity contribution is -0.137. The van der Waals surface area contributed by atoms with Crippen LogP contribution in [-0.4, -0.2) is 22.0 Å². The van der Waals surface area contributed by atoms with E-state index < -0.39 is 5.97 Å².